The highest BCUT2D eigenvalue weighted by Gasteiger charge is 2.06. The maximum absolute atomic E-state index is 8.57. The van der Waals surface area contributed by atoms with Crippen molar-refractivity contribution in [2.75, 3.05) is 13.7 Å². The monoisotopic (exact) mass is 176 g/mol. The van der Waals surface area contributed by atoms with E-state index >= 15 is 0 Å². The molecule has 11 heavy (non-hydrogen) atoms. The van der Waals surface area contributed by atoms with Gasteiger partial charge in [0.1, 0.15) is 0 Å². The van der Waals surface area contributed by atoms with Crippen LogP contribution in [0, 0.1) is 0 Å². The lowest BCUT2D eigenvalue weighted by Gasteiger charge is -1.99. The molecular weight excluding hydrogens is 168 g/mol. The summed E-state index contributed by atoms with van der Waals surface area (Å²) in [5.74, 6) is 0.528. The molecule has 1 heterocycles. The van der Waals surface area contributed by atoms with Crippen LogP contribution in [-0.2, 0) is 6.54 Å². The third kappa shape index (κ3) is 1.64. The highest BCUT2D eigenvalue weighted by atomic mass is 35.5. The molecule has 4 nitrogen and oxygen atoms in total. The number of hydrogen-bond acceptors (Lipinski definition) is 3. The Morgan fingerprint density at radius 3 is 3.00 bits per heavy atom. The number of aromatic nitrogens is 2. The van der Waals surface area contributed by atoms with Crippen LogP contribution in [0.1, 0.15) is 0 Å². The predicted molar refractivity (Wildman–Crippen MR) is 40.9 cm³/mol. The Morgan fingerprint density at radius 2 is 2.55 bits per heavy atom. The van der Waals surface area contributed by atoms with Gasteiger partial charge in [0, 0.05) is 0 Å². The minimum atomic E-state index is 0.0184. The molecule has 0 spiro atoms. The van der Waals surface area contributed by atoms with Crippen LogP contribution in [0.15, 0.2) is 6.20 Å². The molecule has 0 aliphatic heterocycles. The van der Waals surface area contributed by atoms with Gasteiger partial charge in [0.15, 0.2) is 10.9 Å². The zero-order valence-corrected chi connectivity index (χ0v) is 6.88. The van der Waals surface area contributed by atoms with Crippen molar-refractivity contribution in [3.8, 4) is 5.75 Å². The smallest absolute Gasteiger partial charge is 0.175 e. The normalized spacial score (nSPS) is 10.1. The van der Waals surface area contributed by atoms with Crippen molar-refractivity contribution in [2.45, 2.75) is 6.54 Å². The van der Waals surface area contributed by atoms with E-state index in [2.05, 4.69) is 5.10 Å². The standard InChI is InChI=1S/C6H9ClN2O2/c1-11-5-4-8-9(2-3-10)6(5)7/h4,10H,2-3H2,1H3. The van der Waals surface area contributed by atoms with Gasteiger partial charge < -0.3 is 9.84 Å². The second-order valence-electron chi connectivity index (χ2n) is 1.95. The summed E-state index contributed by atoms with van der Waals surface area (Å²) >= 11 is 5.77. The van der Waals surface area contributed by atoms with Gasteiger partial charge in [0.05, 0.1) is 26.5 Å². The first-order valence-corrected chi connectivity index (χ1v) is 3.53. The zero-order valence-electron chi connectivity index (χ0n) is 6.12. The summed E-state index contributed by atoms with van der Waals surface area (Å²) in [7, 11) is 1.52. The molecular formula is C6H9ClN2O2. The van der Waals surface area contributed by atoms with Gasteiger partial charge in [-0.05, 0) is 0 Å². The summed E-state index contributed by atoms with van der Waals surface area (Å²) in [4.78, 5) is 0. The molecule has 0 amide bonds. The van der Waals surface area contributed by atoms with Gasteiger partial charge in [-0.3, -0.25) is 0 Å². The van der Waals surface area contributed by atoms with Gasteiger partial charge in [-0.25, -0.2) is 4.68 Å². The number of hydrogen-bond donors (Lipinski definition) is 1. The van der Waals surface area contributed by atoms with E-state index in [1.807, 2.05) is 0 Å². The van der Waals surface area contributed by atoms with Crippen LogP contribution < -0.4 is 4.74 Å². The first-order valence-electron chi connectivity index (χ1n) is 3.15. The van der Waals surface area contributed by atoms with E-state index in [-0.39, 0.29) is 6.61 Å². The molecule has 1 aromatic heterocycles. The molecule has 0 aliphatic carbocycles. The average molecular weight is 177 g/mol. The van der Waals surface area contributed by atoms with Crippen molar-refractivity contribution in [1.29, 1.82) is 0 Å². The number of halogens is 1. The molecule has 1 aromatic rings. The first kappa shape index (κ1) is 8.36. The number of methoxy groups -OCH3 is 1. The van der Waals surface area contributed by atoms with Crippen LogP contribution in [0.2, 0.25) is 5.15 Å². The van der Waals surface area contributed by atoms with Crippen molar-refractivity contribution >= 4 is 11.6 Å². The molecule has 0 bridgehead atoms. The quantitative estimate of drug-likeness (QED) is 0.731. The average Bonchev–Trinajstić information content (AvgIpc) is 2.34. The summed E-state index contributed by atoms with van der Waals surface area (Å²) in [5, 5.41) is 12.9. The Bertz CT molecular complexity index is 236. The summed E-state index contributed by atoms with van der Waals surface area (Å²) in [6.45, 7) is 0.409. The van der Waals surface area contributed by atoms with Crippen molar-refractivity contribution in [3.05, 3.63) is 11.3 Å². The van der Waals surface area contributed by atoms with E-state index in [4.69, 9.17) is 21.4 Å². The fourth-order valence-corrected chi connectivity index (χ4v) is 0.995. The zero-order chi connectivity index (χ0) is 8.27. The van der Waals surface area contributed by atoms with Crippen LogP contribution in [0.25, 0.3) is 0 Å². The topological polar surface area (TPSA) is 47.3 Å². The Balaban J connectivity index is 2.82. The highest BCUT2D eigenvalue weighted by Crippen LogP contribution is 2.22. The van der Waals surface area contributed by atoms with E-state index in [1.165, 1.54) is 18.0 Å². The van der Waals surface area contributed by atoms with Gasteiger partial charge in [0.2, 0.25) is 0 Å². The van der Waals surface area contributed by atoms with Gasteiger partial charge >= 0.3 is 0 Å². The van der Waals surface area contributed by atoms with E-state index < -0.39 is 0 Å². The van der Waals surface area contributed by atoms with Crippen molar-refractivity contribution in [2.24, 2.45) is 0 Å². The third-order valence-electron chi connectivity index (χ3n) is 1.28. The molecule has 0 saturated heterocycles. The molecule has 0 aromatic carbocycles. The lowest BCUT2D eigenvalue weighted by atomic mass is 10.6. The predicted octanol–water partition coefficient (Wildman–Crippen LogP) is 0.537. The lowest BCUT2D eigenvalue weighted by Crippen LogP contribution is -2.03. The SMILES string of the molecule is COc1cnn(CCO)c1Cl. The van der Waals surface area contributed by atoms with E-state index in [1.54, 1.807) is 0 Å². The molecule has 62 valence electrons. The van der Waals surface area contributed by atoms with Crippen molar-refractivity contribution < 1.29 is 9.84 Å². The van der Waals surface area contributed by atoms with Gasteiger partial charge in [-0.15, -0.1) is 0 Å². The lowest BCUT2D eigenvalue weighted by molar-refractivity contribution is 0.269. The number of aliphatic hydroxyl groups excluding tert-OH is 1. The Hall–Kier alpha value is -0.740. The van der Waals surface area contributed by atoms with Crippen LogP contribution in [0.3, 0.4) is 0 Å². The van der Waals surface area contributed by atoms with Gasteiger partial charge in [-0.1, -0.05) is 11.6 Å². The number of ether oxygens (including phenoxy) is 1. The Morgan fingerprint density at radius 1 is 1.82 bits per heavy atom. The molecule has 0 atom stereocenters. The van der Waals surface area contributed by atoms with Gasteiger partial charge in [0.25, 0.3) is 0 Å². The largest absolute Gasteiger partial charge is 0.492 e. The van der Waals surface area contributed by atoms with Crippen molar-refractivity contribution in [1.82, 2.24) is 9.78 Å². The first-order chi connectivity index (χ1) is 5.29. The fraction of sp³-hybridized carbons (Fsp3) is 0.500. The maximum atomic E-state index is 8.57. The van der Waals surface area contributed by atoms with Crippen molar-refractivity contribution in [3.63, 3.8) is 0 Å². The number of aliphatic hydroxyl groups is 1. The molecule has 5 heteroatoms. The minimum Gasteiger partial charge on any atom is -0.492 e. The summed E-state index contributed by atoms with van der Waals surface area (Å²) in [5.41, 5.74) is 0. The molecule has 0 radical (unpaired) electrons. The second kappa shape index (κ2) is 3.59. The number of nitrogens with zero attached hydrogens (tertiary/aromatic N) is 2. The number of rotatable bonds is 3. The Kier molecular flexibility index (Phi) is 2.73. The molecule has 0 saturated carbocycles. The molecule has 0 unspecified atom stereocenters. The molecule has 0 fully saturated rings. The van der Waals surface area contributed by atoms with Crippen LogP contribution >= 0.6 is 11.6 Å². The van der Waals surface area contributed by atoms with E-state index in [0.717, 1.165) is 0 Å². The van der Waals surface area contributed by atoms with Crippen LogP contribution in [-0.4, -0.2) is 28.6 Å². The fourth-order valence-electron chi connectivity index (χ4n) is 0.741. The summed E-state index contributed by atoms with van der Waals surface area (Å²) < 4.78 is 6.35. The van der Waals surface area contributed by atoms with E-state index in [0.29, 0.717) is 17.4 Å². The highest BCUT2D eigenvalue weighted by molar-refractivity contribution is 6.31. The minimum absolute atomic E-state index is 0.0184. The van der Waals surface area contributed by atoms with Crippen LogP contribution in [0.5, 0.6) is 5.75 Å². The maximum Gasteiger partial charge on any atom is 0.175 e. The Labute approximate surface area is 69.3 Å². The second-order valence-corrected chi connectivity index (χ2v) is 2.31. The van der Waals surface area contributed by atoms with E-state index in [9.17, 15) is 0 Å². The summed E-state index contributed by atoms with van der Waals surface area (Å²) in [6.07, 6.45) is 1.51. The third-order valence-corrected chi connectivity index (χ3v) is 1.66. The molecule has 1 N–H and O–H groups in total. The van der Waals surface area contributed by atoms with Crippen LogP contribution in [0.4, 0.5) is 0 Å². The molecule has 0 aliphatic rings. The van der Waals surface area contributed by atoms with Gasteiger partial charge in [-0.2, -0.15) is 5.10 Å². The summed E-state index contributed by atoms with van der Waals surface area (Å²) in [6, 6.07) is 0. The molecule has 1 rings (SSSR count).